The van der Waals surface area contributed by atoms with Crippen molar-refractivity contribution in [2.24, 2.45) is 16.5 Å². The predicted octanol–water partition coefficient (Wildman–Crippen LogP) is -1.20. The van der Waals surface area contributed by atoms with Crippen LogP contribution in [0.5, 0.6) is 0 Å². The third kappa shape index (κ3) is 4.65. The van der Waals surface area contributed by atoms with E-state index in [1.165, 1.54) is 21.0 Å². The largest absolute Gasteiger partial charge is 0.484 e. The average Bonchev–Trinajstić information content (AvgIpc) is 2.11. The summed E-state index contributed by atoms with van der Waals surface area (Å²) in [6.07, 6.45) is 0. The highest BCUT2D eigenvalue weighted by molar-refractivity contribution is 6.04. The lowest BCUT2D eigenvalue weighted by Crippen LogP contribution is -2.32. The SMILES string of the molecule is COC(C)=NC(C(=O)NC(C)=O)=C(N)N. The second-order valence-corrected chi connectivity index (χ2v) is 2.65. The van der Waals surface area contributed by atoms with E-state index in [0.29, 0.717) is 0 Å². The Morgan fingerprint density at radius 2 is 1.80 bits per heavy atom. The van der Waals surface area contributed by atoms with E-state index in [2.05, 4.69) is 4.99 Å². The number of hydrogen-bond donors (Lipinski definition) is 3. The summed E-state index contributed by atoms with van der Waals surface area (Å²) < 4.78 is 4.73. The molecule has 0 spiro atoms. The van der Waals surface area contributed by atoms with Gasteiger partial charge in [-0.15, -0.1) is 0 Å². The van der Waals surface area contributed by atoms with Gasteiger partial charge in [0.1, 0.15) is 5.82 Å². The molecule has 0 aromatic rings. The van der Waals surface area contributed by atoms with E-state index in [-0.39, 0.29) is 17.4 Å². The quantitative estimate of drug-likeness (QED) is 0.303. The van der Waals surface area contributed by atoms with Gasteiger partial charge < -0.3 is 16.2 Å². The third-order valence-corrected chi connectivity index (χ3v) is 1.34. The van der Waals surface area contributed by atoms with Gasteiger partial charge >= 0.3 is 0 Å². The van der Waals surface area contributed by atoms with Gasteiger partial charge in [0.15, 0.2) is 11.6 Å². The van der Waals surface area contributed by atoms with Crippen molar-refractivity contribution in [3.05, 3.63) is 11.5 Å². The highest BCUT2D eigenvalue weighted by Crippen LogP contribution is 1.99. The molecular formula is C8H14N4O3. The molecular weight excluding hydrogens is 200 g/mol. The van der Waals surface area contributed by atoms with Gasteiger partial charge in [-0.05, 0) is 0 Å². The monoisotopic (exact) mass is 214 g/mol. The van der Waals surface area contributed by atoms with Crippen LogP contribution >= 0.6 is 0 Å². The minimum Gasteiger partial charge on any atom is -0.484 e. The second-order valence-electron chi connectivity index (χ2n) is 2.65. The third-order valence-electron chi connectivity index (χ3n) is 1.34. The fraction of sp³-hybridized carbons (Fsp3) is 0.375. The molecule has 0 rings (SSSR count). The standard InChI is InChI=1S/C8H14N4O3/c1-4(13)11-8(14)6(7(9)10)12-5(2)15-3/h9-10H2,1-3H3,(H,11,13,14). The molecule has 84 valence electrons. The lowest BCUT2D eigenvalue weighted by atomic mass is 10.4. The number of amides is 2. The number of carbonyl (C=O) groups is 2. The minimum atomic E-state index is -0.765. The first-order chi connectivity index (χ1) is 6.88. The van der Waals surface area contributed by atoms with E-state index >= 15 is 0 Å². The molecule has 0 saturated carbocycles. The maximum Gasteiger partial charge on any atom is 0.280 e. The van der Waals surface area contributed by atoms with E-state index in [1.54, 1.807) is 0 Å². The number of imide groups is 1. The maximum atomic E-state index is 11.3. The summed E-state index contributed by atoms with van der Waals surface area (Å²) in [5, 5.41) is 2.00. The Morgan fingerprint density at radius 3 is 2.13 bits per heavy atom. The Hall–Kier alpha value is -2.05. The highest BCUT2D eigenvalue weighted by Gasteiger charge is 2.13. The normalized spacial score (nSPS) is 10.5. The van der Waals surface area contributed by atoms with Crippen LogP contribution in [0.1, 0.15) is 13.8 Å². The molecule has 0 heterocycles. The topological polar surface area (TPSA) is 120 Å². The molecule has 0 bridgehead atoms. The van der Waals surface area contributed by atoms with Crippen LogP contribution in [0.15, 0.2) is 16.5 Å². The Kier molecular flexibility index (Phi) is 4.86. The summed E-state index contributed by atoms with van der Waals surface area (Å²) in [6, 6.07) is 0. The Morgan fingerprint density at radius 1 is 1.27 bits per heavy atom. The number of methoxy groups -OCH3 is 1. The maximum absolute atomic E-state index is 11.3. The van der Waals surface area contributed by atoms with Gasteiger partial charge in [-0.25, -0.2) is 4.99 Å². The Balaban J connectivity index is 4.95. The molecule has 15 heavy (non-hydrogen) atoms. The average molecular weight is 214 g/mol. The zero-order chi connectivity index (χ0) is 12.0. The van der Waals surface area contributed by atoms with Crippen molar-refractivity contribution < 1.29 is 14.3 Å². The number of carbonyl (C=O) groups excluding carboxylic acids is 2. The van der Waals surface area contributed by atoms with Crippen LogP contribution in [-0.2, 0) is 14.3 Å². The first-order valence-corrected chi connectivity index (χ1v) is 4.05. The second kappa shape index (κ2) is 5.63. The molecule has 0 radical (unpaired) electrons. The Bertz CT molecular complexity index is 329. The number of nitrogens with zero attached hydrogens (tertiary/aromatic N) is 1. The lowest BCUT2D eigenvalue weighted by Gasteiger charge is -2.04. The highest BCUT2D eigenvalue weighted by atomic mass is 16.5. The van der Waals surface area contributed by atoms with Crippen LogP contribution in [0.4, 0.5) is 0 Å². The van der Waals surface area contributed by atoms with E-state index < -0.39 is 11.8 Å². The number of hydrogen-bond acceptors (Lipinski definition) is 6. The molecule has 0 aromatic heterocycles. The van der Waals surface area contributed by atoms with E-state index in [9.17, 15) is 9.59 Å². The fourth-order valence-electron chi connectivity index (χ4n) is 0.669. The van der Waals surface area contributed by atoms with Gasteiger partial charge in [0.05, 0.1) is 7.11 Å². The van der Waals surface area contributed by atoms with Crippen LogP contribution in [0.2, 0.25) is 0 Å². The molecule has 0 aliphatic heterocycles. The summed E-state index contributed by atoms with van der Waals surface area (Å²) in [7, 11) is 1.38. The van der Waals surface area contributed by atoms with Crippen molar-refractivity contribution in [3.8, 4) is 0 Å². The van der Waals surface area contributed by atoms with E-state index in [4.69, 9.17) is 16.2 Å². The van der Waals surface area contributed by atoms with Crippen LogP contribution in [0.3, 0.4) is 0 Å². The van der Waals surface area contributed by atoms with Crippen molar-refractivity contribution in [3.63, 3.8) is 0 Å². The number of ether oxygens (including phenoxy) is 1. The van der Waals surface area contributed by atoms with E-state index in [0.717, 1.165) is 0 Å². The smallest absolute Gasteiger partial charge is 0.280 e. The molecule has 5 N–H and O–H groups in total. The van der Waals surface area contributed by atoms with Gasteiger partial charge in [-0.3, -0.25) is 14.9 Å². The summed E-state index contributed by atoms with van der Waals surface area (Å²) in [5.41, 5.74) is 10.2. The molecule has 0 aromatic carbocycles. The van der Waals surface area contributed by atoms with Crippen molar-refractivity contribution in [1.82, 2.24) is 5.32 Å². The summed E-state index contributed by atoms with van der Waals surface area (Å²) in [6.45, 7) is 2.71. The molecule has 2 amide bonds. The van der Waals surface area contributed by atoms with Gasteiger partial charge in [0, 0.05) is 13.8 Å². The number of nitrogens with two attached hydrogens (primary N) is 2. The summed E-state index contributed by atoms with van der Waals surface area (Å²) in [4.78, 5) is 25.7. The molecule has 0 unspecified atom stereocenters. The molecule has 0 saturated heterocycles. The number of rotatable bonds is 2. The van der Waals surface area contributed by atoms with Crippen LogP contribution in [0.25, 0.3) is 0 Å². The molecule has 7 heteroatoms. The summed E-state index contributed by atoms with van der Waals surface area (Å²) >= 11 is 0. The lowest BCUT2D eigenvalue weighted by molar-refractivity contribution is -0.127. The molecule has 0 fully saturated rings. The molecule has 0 aliphatic rings. The van der Waals surface area contributed by atoms with Gasteiger partial charge in [-0.1, -0.05) is 0 Å². The number of nitrogens with one attached hydrogen (secondary N) is 1. The minimum absolute atomic E-state index is 0.206. The van der Waals surface area contributed by atoms with Crippen LogP contribution in [-0.4, -0.2) is 24.8 Å². The Labute approximate surface area is 87.2 Å². The van der Waals surface area contributed by atoms with Gasteiger partial charge in [0.25, 0.3) is 5.91 Å². The zero-order valence-corrected chi connectivity index (χ0v) is 8.83. The molecule has 0 atom stereocenters. The van der Waals surface area contributed by atoms with Gasteiger partial charge in [-0.2, -0.15) is 0 Å². The first kappa shape index (κ1) is 12.9. The predicted molar refractivity (Wildman–Crippen MR) is 54.3 cm³/mol. The van der Waals surface area contributed by atoms with Crippen molar-refractivity contribution in [2.45, 2.75) is 13.8 Å². The van der Waals surface area contributed by atoms with Crippen molar-refractivity contribution in [1.29, 1.82) is 0 Å². The van der Waals surface area contributed by atoms with E-state index in [1.807, 2.05) is 5.32 Å². The molecule has 0 aliphatic carbocycles. The fourth-order valence-corrected chi connectivity index (χ4v) is 0.669. The molecule has 7 nitrogen and oxygen atoms in total. The van der Waals surface area contributed by atoms with Crippen LogP contribution in [0, 0.1) is 0 Å². The van der Waals surface area contributed by atoms with Gasteiger partial charge in [0.2, 0.25) is 5.91 Å². The van der Waals surface area contributed by atoms with Crippen molar-refractivity contribution >= 4 is 17.7 Å². The first-order valence-electron chi connectivity index (χ1n) is 4.05. The number of aliphatic imine (C=N–C) groups is 1. The summed E-state index contributed by atoms with van der Waals surface area (Å²) in [5.74, 6) is -1.37. The van der Waals surface area contributed by atoms with Crippen LogP contribution < -0.4 is 16.8 Å². The zero-order valence-electron chi connectivity index (χ0n) is 8.83. The van der Waals surface area contributed by atoms with Crippen molar-refractivity contribution in [2.75, 3.05) is 7.11 Å².